The van der Waals surface area contributed by atoms with Gasteiger partial charge in [0.05, 0.1) is 19.8 Å². The molecule has 0 aliphatic carbocycles. The number of methoxy groups -OCH3 is 2. The zero-order chi connectivity index (χ0) is 20.8. The van der Waals surface area contributed by atoms with Gasteiger partial charge < -0.3 is 29.1 Å². The molecule has 1 aliphatic heterocycles. The Hall–Kier alpha value is -2.58. The Balaban J connectivity index is 1.58. The molecule has 0 saturated carbocycles. The molecular weight excluding hydrogens is 372 g/mol. The second-order valence-corrected chi connectivity index (χ2v) is 7.45. The average molecular weight is 402 g/mol. The molecule has 1 fully saturated rings. The monoisotopic (exact) mass is 402 g/mol. The lowest BCUT2D eigenvalue weighted by Crippen LogP contribution is -2.46. The van der Waals surface area contributed by atoms with Crippen molar-refractivity contribution in [3.63, 3.8) is 0 Å². The first-order valence-electron chi connectivity index (χ1n) is 9.91. The first kappa shape index (κ1) is 21.1. The van der Waals surface area contributed by atoms with Crippen LogP contribution >= 0.6 is 0 Å². The second-order valence-electron chi connectivity index (χ2n) is 7.45. The van der Waals surface area contributed by atoms with Crippen LogP contribution in [0.5, 0.6) is 11.5 Å². The first-order chi connectivity index (χ1) is 14.0. The molecule has 1 N–H and O–H groups in total. The molecule has 1 aromatic heterocycles. The molecule has 0 bridgehead atoms. The Bertz CT molecular complexity index is 815. The molecule has 2 heterocycles. The van der Waals surface area contributed by atoms with Gasteiger partial charge in [-0.3, -0.25) is 4.79 Å². The van der Waals surface area contributed by atoms with Crippen LogP contribution in [-0.2, 0) is 0 Å². The van der Waals surface area contributed by atoms with Gasteiger partial charge in [0.2, 0.25) is 0 Å². The summed E-state index contributed by atoms with van der Waals surface area (Å²) in [7, 11) is 5.32. The van der Waals surface area contributed by atoms with Crippen molar-refractivity contribution in [2.75, 3.05) is 54.0 Å². The van der Waals surface area contributed by atoms with Gasteiger partial charge in [-0.25, -0.2) is 0 Å². The topological polar surface area (TPSA) is 80.1 Å². The van der Waals surface area contributed by atoms with E-state index in [9.17, 15) is 4.79 Å². The van der Waals surface area contributed by atoms with E-state index >= 15 is 0 Å². The summed E-state index contributed by atoms with van der Waals surface area (Å²) < 4.78 is 16.0. The number of aromatic nitrogens is 1. The van der Waals surface area contributed by atoms with Crippen molar-refractivity contribution in [2.45, 2.75) is 19.4 Å². The summed E-state index contributed by atoms with van der Waals surface area (Å²) in [5, 5.41) is 6.94. The van der Waals surface area contributed by atoms with Gasteiger partial charge >= 0.3 is 0 Å². The maximum Gasteiger partial charge on any atom is 0.273 e. The highest BCUT2D eigenvalue weighted by atomic mass is 16.5. The molecule has 8 nitrogen and oxygen atoms in total. The van der Waals surface area contributed by atoms with Crippen LogP contribution in [-0.4, -0.2) is 80.9 Å². The van der Waals surface area contributed by atoms with E-state index in [1.54, 1.807) is 38.5 Å². The van der Waals surface area contributed by atoms with Crippen LogP contribution in [0.25, 0.3) is 11.3 Å². The van der Waals surface area contributed by atoms with Gasteiger partial charge in [0.25, 0.3) is 5.91 Å². The number of carbonyl (C=O) groups is 1. The molecule has 1 aromatic carbocycles. The fraction of sp³-hybridized carbons (Fsp3) is 0.524. The summed E-state index contributed by atoms with van der Waals surface area (Å²) in [4.78, 5) is 17.3. The lowest BCUT2D eigenvalue weighted by atomic mass is 10.1. The largest absolute Gasteiger partial charge is 0.497 e. The maximum absolute atomic E-state index is 12.6. The summed E-state index contributed by atoms with van der Waals surface area (Å²) in [5.74, 6) is 1.50. The van der Waals surface area contributed by atoms with Gasteiger partial charge in [-0.2, -0.15) is 0 Å². The zero-order valence-electron chi connectivity index (χ0n) is 17.6. The molecule has 1 saturated heterocycles. The Kier molecular flexibility index (Phi) is 7.11. The smallest absolute Gasteiger partial charge is 0.273 e. The summed E-state index contributed by atoms with van der Waals surface area (Å²) in [6.45, 7) is 7.32. The number of piperazine rings is 1. The number of rotatable bonds is 8. The Morgan fingerprint density at radius 1 is 1.21 bits per heavy atom. The highest BCUT2D eigenvalue weighted by Crippen LogP contribution is 2.33. The summed E-state index contributed by atoms with van der Waals surface area (Å²) in [6.07, 6.45) is 0.893. The Labute approximate surface area is 171 Å². The van der Waals surface area contributed by atoms with Crippen LogP contribution in [0.3, 0.4) is 0 Å². The predicted molar refractivity (Wildman–Crippen MR) is 111 cm³/mol. The number of amides is 1. The van der Waals surface area contributed by atoms with Gasteiger partial charge in [0, 0.05) is 44.8 Å². The van der Waals surface area contributed by atoms with E-state index in [0.717, 1.165) is 39.1 Å². The molecule has 0 radical (unpaired) electrons. The minimum absolute atomic E-state index is 0.0497. The highest BCUT2D eigenvalue weighted by molar-refractivity contribution is 5.93. The third-order valence-electron chi connectivity index (χ3n) is 5.27. The fourth-order valence-electron chi connectivity index (χ4n) is 3.33. The lowest BCUT2D eigenvalue weighted by molar-refractivity contribution is 0.0922. The van der Waals surface area contributed by atoms with Gasteiger partial charge in [0.1, 0.15) is 11.5 Å². The predicted octanol–water partition coefficient (Wildman–Crippen LogP) is 2.11. The van der Waals surface area contributed by atoms with E-state index in [1.807, 2.05) is 6.92 Å². The molecule has 0 spiro atoms. The molecule has 1 aliphatic rings. The number of hydrogen-bond donors (Lipinski definition) is 1. The third-order valence-corrected chi connectivity index (χ3v) is 5.27. The number of ether oxygens (including phenoxy) is 2. The number of carbonyl (C=O) groups excluding carboxylic acids is 1. The average Bonchev–Trinajstić information content (AvgIpc) is 3.23. The molecule has 8 heteroatoms. The summed E-state index contributed by atoms with van der Waals surface area (Å²) in [5.41, 5.74) is 0.929. The van der Waals surface area contributed by atoms with Crippen molar-refractivity contribution in [3.05, 3.63) is 30.0 Å². The number of likely N-dealkylation sites (N-methyl/N-ethyl adjacent to an activating group) is 1. The number of hydrogen-bond acceptors (Lipinski definition) is 7. The SMILES string of the molecule is COc1ccc(OC)c(-c2cc(C(=O)N[C@@H](C)CCN3CCN(C)CC3)no2)c1. The van der Waals surface area contributed by atoms with Crippen LogP contribution in [0, 0.1) is 0 Å². The minimum Gasteiger partial charge on any atom is -0.497 e. The Morgan fingerprint density at radius 3 is 2.66 bits per heavy atom. The molecule has 1 atom stereocenters. The van der Waals surface area contributed by atoms with Crippen molar-refractivity contribution < 1.29 is 18.8 Å². The van der Waals surface area contributed by atoms with Crippen LogP contribution in [0.1, 0.15) is 23.8 Å². The van der Waals surface area contributed by atoms with Crippen molar-refractivity contribution in [3.8, 4) is 22.8 Å². The highest BCUT2D eigenvalue weighted by Gasteiger charge is 2.19. The van der Waals surface area contributed by atoms with E-state index in [1.165, 1.54) is 0 Å². The van der Waals surface area contributed by atoms with Crippen LogP contribution in [0.4, 0.5) is 0 Å². The molecule has 2 aromatic rings. The molecule has 158 valence electrons. The zero-order valence-corrected chi connectivity index (χ0v) is 17.6. The van der Waals surface area contributed by atoms with Gasteiger partial charge in [0.15, 0.2) is 11.5 Å². The van der Waals surface area contributed by atoms with E-state index in [4.69, 9.17) is 14.0 Å². The molecule has 3 rings (SSSR count). The third kappa shape index (κ3) is 5.48. The van der Waals surface area contributed by atoms with E-state index in [2.05, 4.69) is 27.3 Å². The van der Waals surface area contributed by atoms with Gasteiger partial charge in [-0.05, 0) is 38.6 Å². The summed E-state index contributed by atoms with van der Waals surface area (Å²) >= 11 is 0. The molecule has 29 heavy (non-hydrogen) atoms. The second kappa shape index (κ2) is 9.76. The van der Waals surface area contributed by atoms with Crippen molar-refractivity contribution in [2.24, 2.45) is 0 Å². The van der Waals surface area contributed by atoms with E-state index in [0.29, 0.717) is 22.8 Å². The van der Waals surface area contributed by atoms with Crippen LogP contribution in [0.2, 0.25) is 0 Å². The number of benzene rings is 1. The van der Waals surface area contributed by atoms with E-state index < -0.39 is 0 Å². The van der Waals surface area contributed by atoms with E-state index in [-0.39, 0.29) is 17.6 Å². The van der Waals surface area contributed by atoms with Crippen molar-refractivity contribution in [1.82, 2.24) is 20.3 Å². The molecule has 1 amide bonds. The van der Waals surface area contributed by atoms with Crippen molar-refractivity contribution in [1.29, 1.82) is 0 Å². The van der Waals surface area contributed by atoms with Gasteiger partial charge in [-0.1, -0.05) is 5.16 Å². The quantitative estimate of drug-likeness (QED) is 0.724. The molecule has 0 unspecified atom stereocenters. The van der Waals surface area contributed by atoms with Crippen LogP contribution in [0.15, 0.2) is 28.8 Å². The molecular formula is C21H30N4O4. The Morgan fingerprint density at radius 2 is 1.97 bits per heavy atom. The van der Waals surface area contributed by atoms with Crippen molar-refractivity contribution >= 4 is 5.91 Å². The fourth-order valence-corrected chi connectivity index (χ4v) is 3.33. The number of nitrogens with zero attached hydrogens (tertiary/aromatic N) is 3. The standard InChI is InChI=1S/C21H30N4O4/c1-15(7-8-25-11-9-24(2)10-12-25)22-21(26)18-14-20(29-23-18)17-13-16(27-3)5-6-19(17)28-4/h5-6,13-15H,7-12H2,1-4H3,(H,22,26)/t15-/m0/s1. The first-order valence-corrected chi connectivity index (χ1v) is 9.91. The summed E-state index contributed by atoms with van der Waals surface area (Å²) in [6, 6.07) is 7.05. The van der Waals surface area contributed by atoms with Crippen LogP contribution < -0.4 is 14.8 Å². The lowest BCUT2D eigenvalue weighted by Gasteiger charge is -2.32. The minimum atomic E-state index is -0.243. The van der Waals surface area contributed by atoms with Gasteiger partial charge in [-0.15, -0.1) is 0 Å². The number of nitrogens with one attached hydrogen (secondary N) is 1. The maximum atomic E-state index is 12.6. The normalized spacial score (nSPS) is 16.4.